The van der Waals surface area contributed by atoms with Crippen molar-refractivity contribution in [1.29, 1.82) is 0 Å². The molecule has 0 aromatic rings. The number of halogens is 1. The third-order valence-electron chi connectivity index (χ3n) is 2.45. The fourth-order valence-electron chi connectivity index (χ4n) is 1.39. The molecule has 0 rings (SSSR count). The number of hydrogen-bond donors (Lipinski definition) is 0. The van der Waals surface area contributed by atoms with Crippen LogP contribution in [-0.2, 0) is 4.74 Å². The highest BCUT2D eigenvalue weighted by atomic mass is 35.5. The smallest absolute Gasteiger partial charge is 0.0721 e. The first kappa shape index (κ1) is 18.2. The zero-order valence-electron chi connectivity index (χ0n) is 12.1. The van der Waals surface area contributed by atoms with E-state index in [0.717, 1.165) is 25.9 Å². The molecule has 0 spiro atoms. The molecule has 0 radical (unpaired) electrons. The zero-order chi connectivity index (χ0) is 14.0. The van der Waals surface area contributed by atoms with Crippen LogP contribution in [0.25, 0.3) is 0 Å². The van der Waals surface area contributed by atoms with Crippen molar-refractivity contribution in [2.24, 2.45) is 0 Å². The molecule has 0 amide bonds. The first-order chi connectivity index (χ1) is 9.41. The molecule has 0 aliphatic heterocycles. The molecule has 0 aromatic carbocycles. The van der Waals surface area contributed by atoms with E-state index in [1.54, 1.807) is 0 Å². The molecule has 1 nitrogen and oxygen atoms in total. The number of allylic oxidation sites excluding steroid dienone is 3. The predicted molar refractivity (Wildman–Crippen MR) is 85.8 cm³/mol. The van der Waals surface area contributed by atoms with Gasteiger partial charge in [-0.25, -0.2) is 0 Å². The normalized spacial score (nSPS) is 11.1. The minimum Gasteiger partial charge on any atom is -0.376 e. The van der Waals surface area contributed by atoms with Crippen LogP contribution >= 0.6 is 11.6 Å². The Morgan fingerprint density at radius 2 is 1.79 bits per heavy atom. The molecule has 108 valence electrons. The monoisotopic (exact) mass is 282 g/mol. The van der Waals surface area contributed by atoms with Gasteiger partial charge in [-0.05, 0) is 37.8 Å². The van der Waals surface area contributed by atoms with Crippen molar-refractivity contribution < 1.29 is 4.74 Å². The lowest BCUT2D eigenvalue weighted by Crippen LogP contribution is -1.91. The van der Waals surface area contributed by atoms with Gasteiger partial charge >= 0.3 is 0 Å². The van der Waals surface area contributed by atoms with Gasteiger partial charge in [0.2, 0.25) is 0 Å². The van der Waals surface area contributed by atoms with Crippen LogP contribution in [0.3, 0.4) is 0 Å². The number of unbranched alkanes of at least 4 members (excludes halogenated alkanes) is 2. The van der Waals surface area contributed by atoms with Gasteiger partial charge in [0.05, 0.1) is 13.2 Å². The van der Waals surface area contributed by atoms with Crippen LogP contribution < -0.4 is 0 Å². The summed E-state index contributed by atoms with van der Waals surface area (Å²) in [6.45, 7) is 3.61. The first-order valence-electron chi connectivity index (χ1n) is 7.25. The Hall–Kier alpha value is -0.750. The van der Waals surface area contributed by atoms with Gasteiger partial charge in [0, 0.05) is 5.88 Å². The van der Waals surface area contributed by atoms with E-state index in [1.807, 2.05) is 12.2 Å². The van der Waals surface area contributed by atoms with Crippen LogP contribution in [-0.4, -0.2) is 19.1 Å². The highest BCUT2D eigenvalue weighted by Gasteiger charge is 1.81. The largest absolute Gasteiger partial charge is 0.376 e. The Bertz CT molecular complexity index is 286. The van der Waals surface area contributed by atoms with Crippen LogP contribution in [0, 0.1) is 0 Å². The standard InChI is InChI=1S/C17H27ClO/c1-2-3-4-5-6-7-8-10-13-16-19-17-14-11-9-12-15-18/h5-6,8-10,14H,2-4,7,12-13,15-17H2,1H3. The Morgan fingerprint density at radius 3 is 2.53 bits per heavy atom. The second kappa shape index (κ2) is 17.2. The second-order valence-electron chi connectivity index (χ2n) is 4.24. The number of alkyl halides is 1. The van der Waals surface area contributed by atoms with Crippen molar-refractivity contribution in [2.75, 3.05) is 19.1 Å². The van der Waals surface area contributed by atoms with E-state index in [0.29, 0.717) is 12.5 Å². The lowest BCUT2D eigenvalue weighted by Gasteiger charge is -1.95. The molecule has 2 heteroatoms. The summed E-state index contributed by atoms with van der Waals surface area (Å²) >= 11 is 5.53. The van der Waals surface area contributed by atoms with E-state index in [9.17, 15) is 0 Å². The van der Waals surface area contributed by atoms with Gasteiger partial charge < -0.3 is 4.74 Å². The van der Waals surface area contributed by atoms with Crippen molar-refractivity contribution >= 4 is 11.6 Å². The molecular formula is C17H27ClO. The minimum atomic E-state index is 0.629. The van der Waals surface area contributed by atoms with Crippen molar-refractivity contribution in [3.8, 4) is 0 Å². The Kier molecular flexibility index (Phi) is 16.6. The highest BCUT2D eigenvalue weighted by molar-refractivity contribution is 6.17. The highest BCUT2D eigenvalue weighted by Crippen LogP contribution is 1.97. The maximum atomic E-state index is 5.53. The van der Waals surface area contributed by atoms with Gasteiger partial charge in [-0.2, -0.15) is 0 Å². The number of hydrogen-bond acceptors (Lipinski definition) is 1. The molecule has 0 heterocycles. The van der Waals surface area contributed by atoms with Crippen molar-refractivity contribution in [3.05, 3.63) is 42.2 Å². The Labute approximate surface area is 123 Å². The molecule has 0 N–H and O–H groups in total. The number of rotatable bonds is 12. The summed E-state index contributed by atoms with van der Waals surface area (Å²) in [5, 5.41) is 0. The summed E-state index contributed by atoms with van der Waals surface area (Å²) in [7, 11) is 0. The first-order valence-corrected chi connectivity index (χ1v) is 7.78. The van der Waals surface area contributed by atoms with Crippen LogP contribution in [0.1, 0.15) is 45.4 Å². The van der Waals surface area contributed by atoms with Gasteiger partial charge in [-0.15, -0.1) is 17.3 Å². The van der Waals surface area contributed by atoms with E-state index in [-0.39, 0.29) is 0 Å². The zero-order valence-corrected chi connectivity index (χ0v) is 12.9. The predicted octanol–water partition coefficient (Wildman–Crippen LogP) is 5.43. The maximum absolute atomic E-state index is 5.53. The molecule has 0 aliphatic rings. The molecule has 0 fully saturated rings. The summed E-state index contributed by atoms with van der Waals surface area (Å²) in [6.07, 6.45) is 19.3. The van der Waals surface area contributed by atoms with Crippen molar-refractivity contribution in [1.82, 2.24) is 0 Å². The van der Waals surface area contributed by atoms with Gasteiger partial charge in [-0.3, -0.25) is 0 Å². The van der Waals surface area contributed by atoms with Crippen LogP contribution in [0.15, 0.2) is 42.2 Å². The Balaban J connectivity index is 3.29. The van der Waals surface area contributed by atoms with Crippen molar-refractivity contribution in [3.63, 3.8) is 0 Å². The quantitative estimate of drug-likeness (QED) is 0.201. The molecule has 0 aromatic heterocycles. The molecule has 0 saturated heterocycles. The third-order valence-corrected chi connectivity index (χ3v) is 2.67. The van der Waals surface area contributed by atoms with Gasteiger partial charge in [0.25, 0.3) is 0 Å². The van der Waals surface area contributed by atoms with Crippen molar-refractivity contribution in [2.45, 2.75) is 45.4 Å². The summed E-state index contributed by atoms with van der Waals surface area (Å²) in [5.41, 5.74) is 3.04. The Morgan fingerprint density at radius 1 is 1.00 bits per heavy atom. The summed E-state index contributed by atoms with van der Waals surface area (Å²) in [6, 6.07) is 0. The summed E-state index contributed by atoms with van der Waals surface area (Å²) < 4.78 is 5.43. The third kappa shape index (κ3) is 17.2. The summed E-state index contributed by atoms with van der Waals surface area (Å²) in [5.74, 6) is 0.652. The van der Waals surface area contributed by atoms with Crippen LogP contribution in [0.4, 0.5) is 0 Å². The van der Waals surface area contributed by atoms with Gasteiger partial charge in [-0.1, -0.05) is 44.1 Å². The lowest BCUT2D eigenvalue weighted by atomic mass is 10.2. The van der Waals surface area contributed by atoms with E-state index in [2.05, 4.69) is 37.0 Å². The van der Waals surface area contributed by atoms with Crippen LogP contribution in [0.5, 0.6) is 0 Å². The van der Waals surface area contributed by atoms with E-state index in [1.165, 1.54) is 19.3 Å². The topological polar surface area (TPSA) is 9.23 Å². The molecule has 0 atom stereocenters. The van der Waals surface area contributed by atoms with Gasteiger partial charge in [0.1, 0.15) is 0 Å². The maximum Gasteiger partial charge on any atom is 0.0721 e. The van der Waals surface area contributed by atoms with E-state index >= 15 is 0 Å². The minimum absolute atomic E-state index is 0.629. The lowest BCUT2D eigenvalue weighted by molar-refractivity contribution is 0.167. The van der Waals surface area contributed by atoms with Crippen LogP contribution in [0.2, 0.25) is 0 Å². The van der Waals surface area contributed by atoms with Gasteiger partial charge in [0.15, 0.2) is 0 Å². The van der Waals surface area contributed by atoms with E-state index in [4.69, 9.17) is 16.3 Å². The fourth-order valence-corrected chi connectivity index (χ4v) is 1.50. The molecule has 0 aliphatic carbocycles. The SMILES string of the molecule is CCCCC=CCC=CCCOCC=C=CCCCl. The fraction of sp³-hybridized carbons (Fsp3) is 0.588. The summed E-state index contributed by atoms with van der Waals surface area (Å²) in [4.78, 5) is 0. The molecule has 0 saturated carbocycles. The second-order valence-corrected chi connectivity index (χ2v) is 4.61. The van der Waals surface area contributed by atoms with E-state index < -0.39 is 0 Å². The number of ether oxygens (including phenoxy) is 1. The molecule has 0 unspecified atom stereocenters. The average molecular weight is 283 g/mol. The molecule has 0 bridgehead atoms. The average Bonchev–Trinajstić information content (AvgIpc) is 2.43. The molecule has 19 heavy (non-hydrogen) atoms. The molecular weight excluding hydrogens is 256 g/mol.